The standard InChI is InChI=1S/C17H13N3O2S/c1-11-5-6-18-9-14(11)12-3-2-4-13-16(12)22-20-17(13)21-10-15-19-7-8-23-15/h2-9H,10H2,1H3. The first-order chi connectivity index (χ1) is 11.3. The normalized spacial score (nSPS) is 11.0. The molecule has 4 aromatic rings. The minimum Gasteiger partial charge on any atom is -0.468 e. The number of thiazole rings is 1. The van der Waals surface area contributed by atoms with Crippen LogP contribution in [0.3, 0.4) is 0 Å². The monoisotopic (exact) mass is 323 g/mol. The van der Waals surface area contributed by atoms with Gasteiger partial charge >= 0.3 is 0 Å². The molecule has 1 aromatic carbocycles. The molecule has 0 aliphatic carbocycles. The minimum atomic E-state index is 0.384. The largest absolute Gasteiger partial charge is 0.468 e. The topological polar surface area (TPSA) is 61.0 Å². The van der Waals surface area contributed by atoms with Crippen molar-refractivity contribution in [2.45, 2.75) is 13.5 Å². The fraction of sp³-hybridized carbons (Fsp3) is 0.118. The molecule has 0 aliphatic rings. The van der Waals surface area contributed by atoms with Gasteiger partial charge in [-0.2, -0.15) is 0 Å². The Labute approximate surface area is 136 Å². The first-order valence-corrected chi connectivity index (χ1v) is 8.01. The zero-order chi connectivity index (χ0) is 15.6. The first kappa shape index (κ1) is 13.9. The van der Waals surface area contributed by atoms with Crippen LogP contribution >= 0.6 is 11.3 Å². The van der Waals surface area contributed by atoms with Gasteiger partial charge in [0.15, 0.2) is 5.58 Å². The summed E-state index contributed by atoms with van der Waals surface area (Å²) in [7, 11) is 0. The number of fused-ring (bicyclic) bond motifs is 1. The van der Waals surface area contributed by atoms with Crippen LogP contribution in [-0.4, -0.2) is 15.1 Å². The Bertz CT molecular complexity index is 948. The highest BCUT2D eigenvalue weighted by molar-refractivity contribution is 7.09. The lowest BCUT2D eigenvalue weighted by molar-refractivity contribution is 0.274. The van der Waals surface area contributed by atoms with Gasteiger partial charge in [-0.05, 0) is 29.8 Å². The Morgan fingerprint density at radius 2 is 2.13 bits per heavy atom. The van der Waals surface area contributed by atoms with Crippen molar-refractivity contribution in [1.29, 1.82) is 0 Å². The summed E-state index contributed by atoms with van der Waals surface area (Å²) in [6, 6.07) is 7.89. The van der Waals surface area contributed by atoms with E-state index in [-0.39, 0.29) is 0 Å². The van der Waals surface area contributed by atoms with Crippen molar-refractivity contribution in [3.8, 4) is 17.0 Å². The van der Waals surface area contributed by atoms with E-state index >= 15 is 0 Å². The zero-order valence-corrected chi connectivity index (χ0v) is 13.2. The molecular formula is C17H13N3O2S. The fourth-order valence-electron chi connectivity index (χ4n) is 2.46. The van der Waals surface area contributed by atoms with Crippen molar-refractivity contribution in [3.63, 3.8) is 0 Å². The number of aryl methyl sites for hydroxylation is 1. The summed E-state index contributed by atoms with van der Waals surface area (Å²) >= 11 is 1.55. The number of pyridine rings is 1. The second-order valence-corrected chi connectivity index (χ2v) is 6.05. The average molecular weight is 323 g/mol. The first-order valence-electron chi connectivity index (χ1n) is 7.13. The molecule has 0 bridgehead atoms. The van der Waals surface area contributed by atoms with E-state index in [1.807, 2.05) is 42.8 Å². The van der Waals surface area contributed by atoms with Gasteiger partial charge in [-0.15, -0.1) is 11.3 Å². The maximum Gasteiger partial charge on any atom is 0.262 e. The molecular weight excluding hydrogens is 310 g/mol. The number of para-hydroxylation sites is 1. The van der Waals surface area contributed by atoms with Crippen molar-refractivity contribution in [2.75, 3.05) is 0 Å². The molecule has 0 aliphatic heterocycles. The molecule has 0 N–H and O–H groups in total. The van der Waals surface area contributed by atoms with Crippen LogP contribution in [0.15, 0.2) is 52.8 Å². The van der Waals surface area contributed by atoms with Crippen molar-refractivity contribution in [1.82, 2.24) is 15.1 Å². The van der Waals surface area contributed by atoms with E-state index < -0.39 is 0 Å². The Morgan fingerprint density at radius 1 is 1.17 bits per heavy atom. The van der Waals surface area contributed by atoms with Gasteiger partial charge < -0.3 is 9.26 Å². The molecule has 0 amide bonds. The van der Waals surface area contributed by atoms with Gasteiger partial charge in [0.05, 0.1) is 5.39 Å². The second-order valence-electron chi connectivity index (χ2n) is 5.08. The van der Waals surface area contributed by atoms with Gasteiger partial charge in [-0.25, -0.2) is 4.98 Å². The van der Waals surface area contributed by atoms with Gasteiger partial charge in [0.2, 0.25) is 0 Å². The van der Waals surface area contributed by atoms with Gasteiger partial charge in [0.1, 0.15) is 11.6 Å². The van der Waals surface area contributed by atoms with E-state index in [2.05, 4.69) is 15.1 Å². The Kier molecular flexibility index (Phi) is 3.51. The van der Waals surface area contributed by atoms with Gasteiger partial charge in [-0.1, -0.05) is 12.1 Å². The summed E-state index contributed by atoms with van der Waals surface area (Å²) in [4.78, 5) is 8.40. The summed E-state index contributed by atoms with van der Waals surface area (Å²) in [5.41, 5.74) is 3.83. The number of ether oxygens (including phenoxy) is 1. The number of benzene rings is 1. The summed E-state index contributed by atoms with van der Waals surface area (Å²) < 4.78 is 11.3. The highest BCUT2D eigenvalue weighted by atomic mass is 32.1. The van der Waals surface area contributed by atoms with E-state index in [1.165, 1.54) is 0 Å². The van der Waals surface area contributed by atoms with E-state index in [4.69, 9.17) is 9.26 Å². The molecule has 114 valence electrons. The Balaban J connectivity index is 1.73. The second kappa shape index (κ2) is 5.81. The number of nitrogens with zero attached hydrogens (tertiary/aromatic N) is 3. The minimum absolute atomic E-state index is 0.384. The van der Waals surface area contributed by atoms with Crippen LogP contribution in [0.5, 0.6) is 5.88 Å². The van der Waals surface area contributed by atoms with Crippen LogP contribution in [0.25, 0.3) is 22.1 Å². The maximum absolute atomic E-state index is 5.75. The van der Waals surface area contributed by atoms with E-state index in [1.54, 1.807) is 23.7 Å². The summed E-state index contributed by atoms with van der Waals surface area (Å²) in [5, 5.41) is 7.74. The quantitative estimate of drug-likeness (QED) is 0.562. The molecule has 4 rings (SSSR count). The lowest BCUT2D eigenvalue weighted by Gasteiger charge is -2.05. The zero-order valence-electron chi connectivity index (χ0n) is 12.4. The lowest BCUT2D eigenvalue weighted by Crippen LogP contribution is -1.94. The van der Waals surface area contributed by atoms with Crippen molar-refractivity contribution in [2.24, 2.45) is 0 Å². The van der Waals surface area contributed by atoms with Crippen LogP contribution < -0.4 is 4.74 Å². The van der Waals surface area contributed by atoms with Crippen molar-refractivity contribution < 1.29 is 9.26 Å². The van der Waals surface area contributed by atoms with E-state index in [0.29, 0.717) is 18.1 Å². The Morgan fingerprint density at radius 3 is 2.96 bits per heavy atom. The molecule has 0 saturated carbocycles. The third-order valence-electron chi connectivity index (χ3n) is 3.61. The summed E-state index contributed by atoms with van der Waals surface area (Å²) in [6.07, 6.45) is 5.37. The van der Waals surface area contributed by atoms with Crippen LogP contribution in [0, 0.1) is 6.92 Å². The van der Waals surface area contributed by atoms with Crippen LogP contribution in [-0.2, 0) is 6.61 Å². The fourth-order valence-corrected chi connectivity index (χ4v) is 2.98. The van der Waals surface area contributed by atoms with Gasteiger partial charge in [-0.3, -0.25) is 4.98 Å². The SMILES string of the molecule is Cc1ccncc1-c1cccc2c(OCc3nccs3)noc12. The predicted octanol–water partition coefficient (Wildman–Crippen LogP) is 4.23. The smallest absolute Gasteiger partial charge is 0.262 e. The third kappa shape index (κ3) is 2.57. The predicted molar refractivity (Wildman–Crippen MR) is 88.4 cm³/mol. The number of aromatic nitrogens is 3. The number of hydrogen-bond donors (Lipinski definition) is 0. The number of rotatable bonds is 4. The molecule has 0 unspecified atom stereocenters. The molecule has 3 aromatic heterocycles. The van der Waals surface area contributed by atoms with Crippen molar-refractivity contribution in [3.05, 3.63) is 58.8 Å². The van der Waals surface area contributed by atoms with Gasteiger partial charge in [0.25, 0.3) is 5.88 Å². The van der Waals surface area contributed by atoms with Crippen LogP contribution in [0.1, 0.15) is 10.6 Å². The average Bonchev–Trinajstić information content (AvgIpc) is 3.23. The summed E-state index contributed by atoms with van der Waals surface area (Å²) in [6.45, 7) is 2.43. The molecule has 6 heteroatoms. The molecule has 5 nitrogen and oxygen atoms in total. The van der Waals surface area contributed by atoms with Crippen LogP contribution in [0.4, 0.5) is 0 Å². The molecule has 0 spiro atoms. The molecule has 0 fully saturated rings. The Hall–Kier alpha value is -2.73. The highest BCUT2D eigenvalue weighted by Gasteiger charge is 2.15. The molecule has 0 radical (unpaired) electrons. The highest BCUT2D eigenvalue weighted by Crippen LogP contribution is 2.34. The van der Waals surface area contributed by atoms with Crippen LogP contribution in [0.2, 0.25) is 0 Å². The molecule has 3 heterocycles. The molecule has 23 heavy (non-hydrogen) atoms. The number of hydrogen-bond acceptors (Lipinski definition) is 6. The molecule has 0 saturated heterocycles. The lowest BCUT2D eigenvalue weighted by atomic mass is 10.0. The van der Waals surface area contributed by atoms with E-state index in [0.717, 1.165) is 27.1 Å². The molecule has 0 atom stereocenters. The van der Waals surface area contributed by atoms with E-state index in [9.17, 15) is 0 Å². The maximum atomic E-state index is 5.75. The third-order valence-corrected chi connectivity index (χ3v) is 4.36. The van der Waals surface area contributed by atoms with Crippen molar-refractivity contribution >= 4 is 22.3 Å². The van der Waals surface area contributed by atoms with Gasteiger partial charge in [0, 0.05) is 35.1 Å². The summed E-state index contributed by atoms with van der Waals surface area (Å²) in [5.74, 6) is 0.485.